The van der Waals surface area contributed by atoms with E-state index in [2.05, 4.69) is 37.4 Å². The monoisotopic (exact) mass is 336 g/mol. The normalized spacial score (nSPS) is 25.8. The minimum atomic E-state index is 0.328. The highest BCUT2D eigenvalue weighted by atomic mass is 16.1. The predicted octanol–water partition coefficient (Wildman–Crippen LogP) is 6.30. The van der Waals surface area contributed by atoms with Gasteiger partial charge in [-0.3, -0.25) is 4.79 Å². The average Bonchev–Trinajstić information content (AvgIpc) is 2.66. The third-order valence-electron chi connectivity index (χ3n) is 6.42. The summed E-state index contributed by atoms with van der Waals surface area (Å²) in [5.41, 5.74) is 3.38. The van der Waals surface area contributed by atoms with Crippen molar-refractivity contribution in [2.24, 2.45) is 17.8 Å². The summed E-state index contributed by atoms with van der Waals surface area (Å²) in [5.74, 6) is 2.32. The Balaban J connectivity index is 1.49. The Bertz CT molecular complexity index is 610. The zero-order valence-electron chi connectivity index (χ0n) is 15.5. The predicted molar refractivity (Wildman–Crippen MR) is 105 cm³/mol. The highest BCUT2D eigenvalue weighted by molar-refractivity contribution is 5.81. The molecule has 3 atom stereocenters. The number of benzene rings is 1. The SMILES string of the molecule is C=C(CCC(=O)C1CCCC2CCCCC21)C(=C)Cc1ccccc1. The summed E-state index contributed by atoms with van der Waals surface area (Å²) in [5, 5.41) is 0. The number of Topliss-reactive ketones (excluding diaryl/α,β-unsaturated/α-hetero) is 1. The summed E-state index contributed by atoms with van der Waals surface area (Å²) in [4.78, 5) is 12.9. The molecule has 25 heavy (non-hydrogen) atoms. The molecule has 2 saturated carbocycles. The molecule has 2 fully saturated rings. The first-order valence-corrected chi connectivity index (χ1v) is 10.1. The molecule has 1 nitrogen and oxygen atoms in total. The lowest BCUT2D eigenvalue weighted by Crippen LogP contribution is -2.35. The van der Waals surface area contributed by atoms with Crippen LogP contribution in [0.1, 0.15) is 63.4 Å². The molecule has 3 rings (SSSR count). The number of carbonyl (C=O) groups excluding carboxylic acids is 1. The standard InChI is InChI=1S/C24H32O/c1-18(19(2)17-20-9-4-3-5-10-20)15-16-24(25)23-14-8-12-21-11-6-7-13-22(21)23/h3-5,9-10,21-23H,1-2,6-8,11-17H2. The van der Waals surface area contributed by atoms with Gasteiger partial charge in [-0.15, -0.1) is 0 Å². The Kier molecular flexibility index (Phi) is 6.29. The molecular formula is C24H32O. The summed E-state index contributed by atoms with van der Waals surface area (Å²) < 4.78 is 0. The third kappa shape index (κ3) is 4.71. The smallest absolute Gasteiger partial charge is 0.136 e. The van der Waals surface area contributed by atoms with Crippen LogP contribution in [0.2, 0.25) is 0 Å². The quantitative estimate of drug-likeness (QED) is 0.534. The molecule has 0 radical (unpaired) electrons. The lowest BCUT2D eigenvalue weighted by atomic mass is 9.64. The zero-order valence-corrected chi connectivity index (χ0v) is 15.5. The zero-order chi connectivity index (χ0) is 17.6. The molecule has 0 amide bonds. The highest BCUT2D eigenvalue weighted by Crippen LogP contribution is 2.44. The van der Waals surface area contributed by atoms with Gasteiger partial charge in [0.2, 0.25) is 0 Å². The summed E-state index contributed by atoms with van der Waals surface area (Å²) in [6.07, 6.45) is 11.3. The second kappa shape index (κ2) is 8.65. The van der Waals surface area contributed by atoms with Gasteiger partial charge in [-0.2, -0.15) is 0 Å². The second-order valence-corrected chi connectivity index (χ2v) is 8.08. The van der Waals surface area contributed by atoms with Crippen LogP contribution in [0.4, 0.5) is 0 Å². The largest absolute Gasteiger partial charge is 0.299 e. The van der Waals surface area contributed by atoms with Gasteiger partial charge in [0.25, 0.3) is 0 Å². The molecule has 0 bridgehead atoms. The third-order valence-corrected chi connectivity index (χ3v) is 6.42. The van der Waals surface area contributed by atoms with Gasteiger partial charge in [0.1, 0.15) is 5.78 Å². The van der Waals surface area contributed by atoms with E-state index >= 15 is 0 Å². The first kappa shape index (κ1) is 18.2. The van der Waals surface area contributed by atoms with Crippen molar-refractivity contribution < 1.29 is 4.79 Å². The number of fused-ring (bicyclic) bond motifs is 1. The van der Waals surface area contributed by atoms with Crippen LogP contribution in [-0.2, 0) is 11.2 Å². The molecule has 2 aliphatic carbocycles. The molecule has 1 aromatic carbocycles. The van der Waals surface area contributed by atoms with Crippen molar-refractivity contribution in [3.05, 3.63) is 60.2 Å². The molecule has 1 heteroatoms. The molecule has 0 heterocycles. The van der Waals surface area contributed by atoms with Crippen molar-refractivity contribution in [3.63, 3.8) is 0 Å². The van der Waals surface area contributed by atoms with Gasteiger partial charge in [-0.25, -0.2) is 0 Å². The van der Waals surface area contributed by atoms with Gasteiger partial charge in [0.15, 0.2) is 0 Å². The molecule has 1 aromatic rings. The topological polar surface area (TPSA) is 17.1 Å². The van der Waals surface area contributed by atoms with E-state index in [1.165, 1.54) is 44.1 Å². The molecule has 0 spiro atoms. The maximum absolute atomic E-state index is 12.9. The van der Waals surface area contributed by atoms with Crippen molar-refractivity contribution in [2.45, 2.75) is 64.2 Å². The van der Waals surface area contributed by atoms with Crippen LogP contribution in [0.5, 0.6) is 0 Å². The average molecular weight is 337 g/mol. The van der Waals surface area contributed by atoms with Gasteiger partial charge < -0.3 is 0 Å². The van der Waals surface area contributed by atoms with E-state index in [0.29, 0.717) is 24.0 Å². The Morgan fingerprint density at radius 1 is 0.880 bits per heavy atom. The summed E-state index contributed by atoms with van der Waals surface area (Å²) >= 11 is 0. The first-order chi connectivity index (χ1) is 12.1. The molecular weight excluding hydrogens is 304 g/mol. The summed E-state index contributed by atoms with van der Waals surface area (Å²) in [6.45, 7) is 8.39. The maximum Gasteiger partial charge on any atom is 0.136 e. The van der Waals surface area contributed by atoms with Gasteiger partial charge in [0, 0.05) is 12.3 Å². The van der Waals surface area contributed by atoms with Crippen LogP contribution in [0, 0.1) is 17.8 Å². The Hall–Kier alpha value is -1.63. The summed E-state index contributed by atoms with van der Waals surface area (Å²) in [6, 6.07) is 10.4. The van der Waals surface area contributed by atoms with Gasteiger partial charge >= 0.3 is 0 Å². The fourth-order valence-electron chi connectivity index (χ4n) is 4.94. The minimum Gasteiger partial charge on any atom is -0.299 e. The van der Waals surface area contributed by atoms with Crippen molar-refractivity contribution >= 4 is 5.78 Å². The highest BCUT2D eigenvalue weighted by Gasteiger charge is 2.37. The lowest BCUT2D eigenvalue weighted by Gasteiger charge is -2.40. The van der Waals surface area contributed by atoms with Crippen LogP contribution in [0.3, 0.4) is 0 Å². The number of ketones is 1. The fourth-order valence-corrected chi connectivity index (χ4v) is 4.94. The van der Waals surface area contributed by atoms with E-state index in [4.69, 9.17) is 0 Å². The van der Waals surface area contributed by atoms with Crippen LogP contribution < -0.4 is 0 Å². The van der Waals surface area contributed by atoms with Crippen LogP contribution in [0.15, 0.2) is 54.6 Å². The number of rotatable bonds is 7. The molecule has 0 aliphatic heterocycles. The second-order valence-electron chi connectivity index (χ2n) is 8.08. The van der Waals surface area contributed by atoms with E-state index in [1.54, 1.807) is 0 Å². The first-order valence-electron chi connectivity index (χ1n) is 10.1. The molecule has 0 saturated heterocycles. The van der Waals surface area contributed by atoms with E-state index in [1.807, 2.05) is 6.07 Å². The van der Waals surface area contributed by atoms with Crippen LogP contribution in [0.25, 0.3) is 0 Å². The number of hydrogen-bond donors (Lipinski definition) is 0. The van der Waals surface area contributed by atoms with E-state index in [-0.39, 0.29) is 0 Å². The number of carbonyl (C=O) groups is 1. The van der Waals surface area contributed by atoms with Crippen molar-refractivity contribution in [1.29, 1.82) is 0 Å². The van der Waals surface area contributed by atoms with E-state index in [9.17, 15) is 4.79 Å². The van der Waals surface area contributed by atoms with Gasteiger partial charge in [-0.1, -0.05) is 81.2 Å². The Labute approximate surface area is 153 Å². The minimum absolute atomic E-state index is 0.328. The molecule has 134 valence electrons. The van der Waals surface area contributed by atoms with Crippen molar-refractivity contribution in [1.82, 2.24) is 0 Å². The van der Waals surface area contributed by atoms with Crippen molar-refractivity contribution in [2.75, 3.05) is 0 Å². The number of allylic oxidation sites excluding steroid dienone is 2. The van der Waals surface area contributed by atoms with E-state index in [0.717, 1.165) is 36.3 Å². The summed E-state index contributed by atoms with van der Waals surface area (Å²) in [7, 11) is 0. The van der Waals surface area contributed by atoms with Crippen LogP contribution in [-0.4, -0.2) is 5.78 Å². The number of hydrogen-bond acceptors (Lipinski definition) is 1. The van der Waals surface area contributed by atoms with Crippen molar-refractivity contribution in [3.8, 4) is 0 Å². The van der Waals surface area contributed by atoms with Crippen LogP contribution >= 0.6 is 0 Å². The Morgan fingerprint density at radius 2 is 1.60 bits per heavy atom. The fraction of sp³-hybridized carbons (Fsp3) is 0.542. The van der Waals surface area contributed by atoms with Gasteiger partial charge in [-0.05, 0) is 48.7 Å². The molecule has 0 N–H and O–H groups in total. The Morgan fingerprint density at radius 3 is 2.40 bits per heavy atom. The molecule has 0 aromatic heterocycles. The lowest BCUT2D eigenvalue weighted by molar-refractivity contribution is -0.127. The van der Waals surface area contributed by atoms with Gasteiger partial charge in [0.05, 0.1) is 0 Å². The maximum atomic E-state index is 12.9. The van der Waals surface area contributed by atoms with E-state index < -0.39 is 0 Å². The molecule has 2 aliphatic rings. The molecule has 3 unspecified atom stereocenters.